The van der Waals surface area contributed by atoms with E-state index in [2.05, 4.69) is 18.7 Å². The Hall–Kier alpha value is -1.86. The van der Waals surface area contributed by atoms with E-state index >= 15 is 0 Å². The largest absolute Gasteiger partial charge is 0.388 e. The highest BCUT2D eigenvalue weighted by Crippen LogP contribution is 2.23. The molecule has 0 aliphatic heterocycles. The van der Waals surface area contributed by atoms with E-state index in [4.69, 9.17) is 0 Å². The Morgan fingerprint density at radius 1 is 0.941 bits per heavy atom. The maximum absolute atomic E-state index is 9.81. The minimum atomic E-state index is -0.447. The molecule has 0 aliphatic rings. The summed E-state index contributed by atoms with van der Waals surface area (Å²) in [7, 11) is 0. The van der Waals surface area contributed by atoms with Gasteiger partial charge < -0.3 is 5.11 Å². The number of hydrogen-bond acceptors (Lipinski definition) is 1. The first-order valence-corrected chi connectivity index (χ1v) is 5.75. The molecule has 1 heteroatoms. The lowest BCUT2D eigenvalue weighted by atomic mass is 10.0. The van der Waals surface area contributed by atoms with Crippen LogP contribution in [0.3, 0.4) is 0 Å². The van der Waals surface area contributed by atoms with Crippen LogP contribution < -0.4 is 0 Å². The minimum Gasteiger partial charge on any atom is -0.388 e. The SMILES string of the molecule is C=CCC(O)c1ccc(-c2ccccc2)cc1. The van der Waals surface area contributed by atoms with Gasteiger partial charge in [-0.25, -0.2) is 0 Å². The molecule has 0 saturated heterocycles. The fourth-order valence-corrected chi connectivity index (χ4v) is 1.82. The highest BCUT2D eigenvalue weighted by atomic mass is 16.3. The summed E-state index contributed by atoms with van der Waals surface area (Å²) in [6, 6.07) is 18.2. The van der Waals surface area contributed by atoms with Gasteiger partial charge in [-0.2, -0.15) is 0 Å². The van der Waals surface area contributed by atoms with E-state index in [9.17, 15) is 5.11 Å². The van der Waals surface area contributed by atoms with E-state index in [-0.39, 0.29) is 0 Å². The van der Waals surface area contributed by atoms with E-state index in [0.29, 0.717) is 6.42 Å². The highest BCUT2D eigenvalue weighted by molar-refractivity contribution is 5.63. The van der Waals surface area contributed by atoms with Crippen LogP contribution in [0.15, 0.2) is 67.3 Å². The zero-order valence-electron chi connectivity index (χ0n) is 9.71. The third-order valence-corrected chi connectivity index (χ3v) is 2.79. The average Bonchev–Trinajstić information content (AvgIpc) is 2.40. The number of benzene rings is 2. The first kappa shape index (κ1) is 11.6. The zero-order valence-corrected chi connectivity index (χ0v) is 9.71. The topological polar surface area (TPSA) is 20.2 Å². The van der Waals surface area contributed by atoms with Crippen LogP contribution in [0.2, 0.25) is 0 Å². The highest BCUT2D eigenvalue weighted by Gasteiger charge is 2.05. The quantitative estimate of drug-likeness (QED) is 0.779. The van der Waals surface area contributed by atoms with E-state index in [1.54, 1.807) is 6.08 Å². The summed E-state index contributed by atoms with van der Waals surface area (Å²) in [6.45, 7) is 3.63. The van der Waals surface area contributed by atoms with E-state index in [1.807, 2.05) is 42.5 Å². The van der Waals surface area contributed by atoms with E-state index in [0.717, 1.165) is 5.56 Å². The third-order valence-electron chi connectivity index (χ3n) is 2.79. The van der Waals surface area contributed by atoms with Crippen molar-refractivity contribution >= 4 is 0 Å². The summed E-state index contributed by atoms with van der Waals surface area (Å²) in [6.07, 6.45) is 1.87. The average molecular weight is 224 g/mol. The van der Waals surface area contributed by atoms with Crippen LogP contribution in [0.5, 0.6) is 0 Å². The number of aliphatic hydroxyl groups is 1. The van der Waals surface area contributed by atoms with Crippen molar-refractivity contribution in [3.63, 3.8) is 0 Å². The van der Waals surface area contributed by atoms with Crippen molar-refractivity contribution < 1.29 is 5.11 Å². The van der Waals surface area contributed by atoms with Gasteiger partial charge in [0.25, 0.3) is 0 Å². The molecule has 0 bridgehead atoms. The molecule has 2 rings (SSSR count). The predicted molar refractivity (Wildman–Crippen MR) is 71.7 cm³/mol. The van der Waals surface area contributed by atoms with Crippen LogP contribution in [0.4, 0.5) is 0 Å². The van der Waals surface area contributed by atoms with Crippen molar-refractivity contribution in [1.82, 2.24) is 0 Å². The molecule has 2 aromatic carbocycles. The zero-order chi connectivity index (χ0) is 12.1. The van der Waals surface area contributed by atoms with Crippen molar-refractivity contribution in [1.29, 1.82) is 0 Å². The van der Waals surface area contributed by atoms with Gasteiger partial charge in [-0.05, 0) is 23.1 Å². The van der Waals surface area contributed by atoms with Gasteiger partial charge in [-0.15, -0.1) is 6.58 Å². The molecule has 0 aromatic heterocycles. The Bertz CT molecular complexity index is 471. The summed E-state index contributed by atoms with van der Waals surface area (Å²) in [5, 5.41) is 9.81. The van der Waals surface area contributed by atoms with Crippen molar-refractivity contribution in [3.05, 3.63) is 72.8 Å². The molecule has 86 valence electrons. The Balaban J connectivity index is 2.21. The number of hydrogen-bond donors (Lipinski definition) is 1. The molecular weight excluding hydrogens is 208 g/mol. The molecule has 1 nitrogen and oxygen atoms in total. The summed E-state index contributed by atoms with van der Waals surface area (Å²) < 4.78 is 0. The molecule has 0 aliphatic carbocycles. The van der Waals surface area contributed by atoms with Gasteiger partial charge in [-0.3, -0.25) is 0 Å². The van der Waals surface area contributed by atoms with E-state index in [1.165, 1.54) is 11.1 Å². The lowest BCUT2D eigenvalue weighted by Gasteiger charge is -2.09. The summed E-state index contributed by atoms with van der Waals surface area (Å²) in [5.74, 6) is 0. The summed E-state index contributed by atoms with van der Waals surface area (Å²) >= 11 is 0. The summed E-state index contributed by atoms with van der Waals surface area (Å²) in [5.41, 5.74) is 3.29. The van der Waals surface area contributed by atoms with Crippen molar-refractivity contribution in [2.75, 3.05) is 0 Å². The van der Waals surface area contributed by atoms with Crippen molar-refractivity contribution in [2.24, 2.45) is 0 Å². The molecule has 0 saturated carbocycles. The molecule has 0 fully saturated rings. The third kappa shape index (κ3) is 2.83. The summed E-state index contributed by atoms with van der Waals surface area (Å²) in [4.78, 5) is 0. The Morgan fingerprint density at radius 2 is 1.53 bits per heavy atom. The number of rotatable bonds is 4. The lowest BCUT2D eigenvalue weighted by Crippen LogP contribution is -1.94. The fourth-order valence-electron chi connectivity index (χ4n) is 1.82. The smallest absolute Gasteiger partial charge is 0.0824 e. The minimum absolute atomic E-state index is 0.447. The second-order valence-corrected chi connectivity index (χ2v) is 4.03. The Kier molecular flexibility index (Phi) is 3.73. The molecule has 17 heavy (non-hydrogen) atoms. The molecule has 2 aromatic rings. The van der Waals surface area contributed by atoms with Gasteiger partial charge in [0.1, 0.15) is 0 Å². The van der Waals surface area contributed by atoms with Gasteiger partial charge in [-0.1, -0.05) is 60.7 Å². The van der Waals surface area contributed by atoms with Crippen LogP contribution in [0.1, 0.15) is 18.1 Å². The first-order valence-electron chi connectivity index (χ1n) is 5.75. The van der Waals surface area contributed by atoms with Gasteiger partial charge in [0.2, 0.25) is 0 Å². The van der Waals surface area contributed by atoms with Crippen molar-refractivity contribution in [3.8, 4) is 11.1 Å². The molecule has 1 N–H and O–H groups in total. The second kappa shape index (κ2) is 5.46. The lowest BCUT2D eigenvalue weighted by molar-refractivity contribution is 0.181. The van der Waals surface area contributed by atoms with Gasteiger partial charge in [0, 0.05) is 0 Å². The first-order chi connectivity index (χ1) is 8.31. The molecule has 1 unspecified atom stereocenters. The monoisotopic (exact) mass is 224 g/mol. The van der Waals surface area contributed by atoms with Crippen LogP contribution in [-0.4, -0.2) is 5.11 Å². The molecular formula is C16H16O. The van der Waals surface area contributed by atoms with E-state index < -0.39 is 6.10 Å². The molecule has 0 heterocycles. The van der Waals surface area contributed by atoms with Crippen LogP contribution in [-0.2, 0) is 0 Å². The predicted octanol–water partition coefficient (Wildman–Crippen LogP) is 3.96. The van der Waals surface area contributed by atoms with Crippen LogP contribution >= 0.6 is 0 Å². The Labute approximate surface area is 102 Å². The molecule has 0 amide bonds. The van der Waals surface area contributed by atoms with Gasteiger partial charge >= 0.3 is 0 Å². The molecule has 1 atom stereocenters. The van der Waals surface area contributed by atoms with Gasteiger partial charge in [0.15, 0.2) is 0 Å². The fraction of sp³-hybridized carbons (Fsp3) is 0.125. The van der Waals surface area contributed by atoms with Crippen LogP contribution in [0.25, 0.3) is 11.1 Å². The van der Waals surface area contributed by atoms with Crippen LogP contribution in [0, 0.1) is 0 Å². The maximum Gasteiger partial charge on any atom is 0.0824 e. The Morgan fingerprint density at radius 3 is 2.12 bits per heavy atom. The normalized spacial score (nSPS) is 12.1. The van der Waals surface area contributed by atoms with Gasteiger partial charge in [0.05, 0.1) is 6.10 Å². The van der Waals surface area contributed by atoms with Crippen molar-refractivity contribution in [2.45, 2.75) is 12.5 Å². The second-order valence-electron chi connectivity index (χ2n) is 4.03. The standard InChI is InChI=1S/C16H16O/c1-2-6-16(17)15-11-9-14(10-12-15)13-7-4-3-5-8-13/h2-5,7-12,16-17H,1,6H2. The maximum atomic E-state index is 9.81. The number of aliphatic hydroxyl groups excluding tert-OH is 1. The molecule has 0 spiro atoms. The molecule has 0 radical (unpaired) electrons.